The highest BCUT2D eigenvalue weighted by atomic mass is 32.2. The number of hydrogen-bond donors (Lipinski definition) is 1. The Morgan fingerprint density at radius 1 is 1.39 bits per heavy atom. The highest BCUT2D eigenvalue weighted by molar-refractivity contribution is 8.00. The molecule has 1 aromatic rings. The quantitative estimate of drug-likeness (QED) is 0.484. The van der Waals surface area contributed by atoms with Crippen molar-refractivity contribution in [2.75, 3.05) is 12.3 Å². The molecule has 0 heterocycles. The van der Waals surface area contributed by atoms with Gasteiger partial charge in [0.25, 0.3) is 0 Å². The van der Waals surface area contributed by atoms with Gasteiger partial charge in [0.15, 0.2) is 0 Å². The molecule has 96 valence electrons. The molecule has 1 aliphatic carbocycles. The molecule has 0 saturated carbocycles. The maximum Gasteiger partial charge on any atom is 0.230 e. The fourth-order valence-corrected chi connectivity index (χ4v) is 2.94. The fourth-order valence-electron chi connectivity index (χ4n) is 2.15. The minimum absolute atomic E-state index is 0.0994. The van der Waals surface area contributed by atoms with E-state index in [0.717, 1.165) is 6.42 Å². The van der Waals surface area contributed by atoms with Crippen LogP contribution in [-0.2, 0) is 17.6 Å². The van der Waals surface area contributed by atoms with Crippen molar-refractivity contribution >= 4 is 17.7 Å². The molecule has 0 aliphatic heterocycles. The minimum Gasteiger partial charge on any atom is -0.355 e. The number of fused-ring (bicyclic) bond motifs is 1. The van der Waals surface area contributed by atoms with E-state index in [1.807, 2.05) is 6.08 Å². The van der Waals surface area contributed by atoms with Gasteiger partial charge in [0.1, 0.15) is 0 Å². The number of hydrogen-bond acceptors (Lipinski definition) is 2. The lowest BCUT2D eigenvalue weighted by atomic mass is 10.1. The van der Waals surface area contributed by atoms with Gasteiger partial charge in [-0.15, -0.1) is 18.3 Å². The maximum absolute atomic E-state index is 11.6. The lowest BCUT2D eigenvalue weighted by Crippen LogP contribution is -2.25. The van der Waals surface area contributed by atoms with Crippen LogP contribution in [0, 0.1) is 0 Å². The number of amides is 1. The molecule has 0 spiro atoms. The third-order valence-electron chi connectivity index (χ3n) is 3.11. The molecule has 18 heavy (non-hydrogen) atoms. The number of carbonyl (C=O) groups is 1. The van der Waals surface area contributed by atoms with E-state index in [0.29, 0.717) is 12.3 Å². The fraction of sp³-hybridized carbons (Fsp3) is 0.400. The monoisotopic (exact) mass is 261 g/mol. The van der Waals surface area contributed by atoms with Crippen LogP contribution in [0.3, 0.4) is 0 Å². The Kier molecular flexibility index (Phi) is 4.88. The minimum atomic E-state index is 0.0994. The lowest BCUT2D eigenvalue weighted by molar-refractivity contribution is -0.118. The summed E-state index contributed by atoms with van der Waals surface area (Å²) in [4.78, 5) is 12.8. The molecule has 2 rings (SSSR count). The summed E-state index contributed by atoms with van der Waals surface area (Å²) in [7, 11) is 0. The van der Waals surface area contributed by atoms with E-state index in [1.54, 1.807) is 11.8 Å². The Bertz CT molecular complexity index is 442. The molecular weight excluding hydrogens is 242 g/mol. The molecule has 1 N–H and O–H groups in total. The second kappa shape index (κ2) is 6.64. The van der Waals surface area contributed by atoms with Crippen molar-refractivity contribution in [3.05, 3.63) is 42.0 Å². The van der Waals surface area contributed by atoms with Crippen molar-refractivity contribution in [2.24, 2.45) is 0 Å². The van der Waals surface area contributed by atoms with Crippen LogP contribution in [0.15, 0.2) is 35.7 Å². The Morgan fingerprint density at radius 2 is 2.22 bits per heavy atom. The summed E-state index contributed by atoms with van der Waals surface area (Å²) in [6.45, 7) is 4.32. The first-order chi connectivity index (χ1) is 8.79. The van der Waals surface area contributed by atoms with Crippen LogP contribution < -0.4 is 5.32 Å². The van der Waals surface area contributed by atoms with Gasteiger partial charge < -0.3 is 5.32 Å². The van der Waals surface area contributed by atoms with E-state index >= 15 is 0 Å². The molecule has 1 aromatic carbocycles. The van der Waals surface area contributed by atoms with Gasteiger partial charge in [-0.05, 0) is 48.9 Å². The van der Waals surface area contributed by atoms with Gasteiger partial charge in [0.2, 0.25) is 5.91 Å². The summed E-state index contributed by atoms with van der Waals surface area (Å²) in [5.41, 5.74) is 2.95. The highest BCUT2D eigenvalue weighted by Crippen LogP contribution is 2.27. The van der Waals surface area contributed by atoms with E-state index in [-0.39, 0.29) is 5.91 Å². The lowest BCUT2D eigenvalue weighted by Gasteiger charge is -2.05. The third-order valence-corrected chi connectivity index (χ3v) is 4.10. The summed E-state index contributed by atoms with van der Waals surface area (Å²) in [5.74, 6) is 0.595. The van der Waals surface area contributed by atoms with Crippen molar-refractivity contribution in [3.63, 3.8) is 0 Å². The second-order valence-corrected chi connectivity index (χ2v) is 5.55. The first-order valence-electron chi connectivity index (χ1n) is 6.42. The van der Waals surface area contributed by atoms with Crippen molar-refractivity contribution in [1.29, 1.82) is 0 Å². The van der Waals surface area contributed by atoms with E-state index in [9.17, 15) is 4.79 Å². The van der Waals surface area contributed by atoms with Crippen molar-refractivity contribution in [3.8, 4) is 0 Å². The van der Waals surface area contributed by atoms with Crippen LogP contribution in [0.2, 0.25) is 0 Å². The normalized spacial score (nSPS) is 13.1. The summed E-state index contributed by atoms with van der Waals surface area (Å²) in [5, 5.41) is 2.88. The molecular formula is C15H19NOS. The van der Waals surface area contributed by atoms with E-state index in [2.05, 4.69) is 30.1 Å². The van der Waals surface area contributed by atoms with Gasteiger partial charge in [0, 0.05) is 11.4 Å². The van der Waals surface area contributed by atoms with Crippen LogP contribution in [-0.4, -0.2) is 18.2 Å². The summed E-state index contributed by atoms with van der Waals surface area (Å²) >= 11 is 1.61. The summed E-state index contributed by atoms with van der Waals surface area (Å²) in [6, 6.07) is 6.58. The van der Waals surface area contributed by atoms with E-state index in [4.69, 9.17) is 0 Å². The van der Waals surface area contributed by atoms with Crippen molar-refractivity contribution in [2.45, 2.75) is 30.6 Å². The molecule has 1 aliphatic rings. The zero-order valence-corrected chi connectivity index (χ0v) is 11.4. The van der Waals surface area contributed by atoms with Crippen LogP contribution in [0.25, 0.3) is 0 Å². The van der Waals surface area contributed by atoms with Gasteiger partial charge in [-0.1, -0.05) is 12.1 Å². The van der Waals surface area contributed by atoms with Gasteiger partial charge >= 0.3 is 0 Å². The van der Waals surface area contributed by atoms with E-state index in [1.165, 1.54) is 35.3 Å². The smallest absolute Gasteiger partial charge is 0.230 e. The van der Waals surface area contributed by atoms with Crippen molar-refractivity contribution < 1.29 is 4.79 Å². The summed E-state index contributed by atoms with van der Waals surface area (Å²) in [6.07, 6.45) is 6.31. The van der Waals surface area contributed by atoms with Gasteiger partial charge in [-0.2, -0.15) is 0 Å². The average Bonchev–Trinajstić information content (AvgIpc) is 2.84. The Labute approximate surface area is 113 Å². The number of benzene rings is 1. The first-order valence-corrected chi connectivity index (χ1v) is 7.40. The van der Waals surface area contributed by atoms with Crippen LogP contribution >= 0.6 is 11.8 Å². The summed E-state index contributed by atoms with van der Waals surface area (Å²) < 4.78 is 0. The molecule has 0 bridgehead atoms. The zero-order chi connectivity index (χ0) is 12.8. The predicted octanol–water partition coefficient (Wildman–Crippen LogP) is 2.96. The molecule has 2 nitrogen and oxygen atoms in total. The Balaban J connectivity index is 1.79. The van der Waals surface area contributed by atoms with Gasteiger partial charge in [-0.25, -0.2) is 0 Å². The molecule has 0 aromatic heterocycles. The largest absolute Gasteiger partial charge is 0.355 e. The SMILES string of the molecule is C=CCCNC(=O)CSc1ccc2c(c1)CCC2. The Morgan fingerprint density at radius 3 is 3.06 bits per heavy atom. The van der Waals surface area contributed by atoms with Gasteiger partial charge in [0.05, 0.1) is 5.75 Å². The zero-order valence-electron chi connectivity index (χ0n) is 10.6. The molecule has 0 radical (unpaired) electrons. The maximum atomic E-state index is 11.6. The number of rotatable bonds is 6. The topological polar surface area (TPSA) is 29.1 Å². The standard InChI is InChI=1S/C15H19NOS/c1-2-3-9-16-15(17)11-18-14-8-7-12-5-4-6-13(12)10-14/h2,7-8,10H,1,3-6,9,11H2,(H,16,17). The number of thioether (sulfide) groups is 1. The van der Waals surface area contributed by atoms with Gasteiger partial charge in [-0.3, -0.25) is 4.79 Å². The molecule has 0 atom stereocenters. The Hall–Kier alpha value is -1.22. The van der Waals surface area contributed by atoms with Crippen LogP contribution in [0.5, 0.6) is 0 Å². The van der Waals surface area contributed by atoms with Crippen LogP contribution in [0.4, 0.5) is 0 Å². The number of carbonyl (C=O) groups excluding carboxylic acids is 1. The molecule has 1 amide bonds. The third kappa shape index (κ3) is 3.64. The number of aryl methyl sites for hydroxylation is 2. The van der Waals surface area contributed by atoms with E-state index < -0.39 is 0 Å². The average molecular weight is 261 g/mol. The first kappa shape index (κ1) is 13.2. The predicted molar refractivity (Wildman–Crippen MR) is 77.0 cm³/mol. The highest BCUT2D eigenvalue weighted by Gasteiger charge is 2.11. The molecule has 0 unspecified atom stereocenters. The molecule has 3 heteroatoms. The van der Waals surface area contributed by atoms with Crippen LogP contribution in [0.1, 0.15) is 24.0 Å². The van der Waals surface area contributed by atoms with Crippen molar-refractivity contribution in [1.82, 2.24) is 5.32 Å². The molecule has 0 fully saturated rings. The molecule has 0 saturated heterocycles. The second-order valence-electron chi connectivity index (χ2n) is 4.50. The number of nitrogens with one attached hydrogen (secondary N) is 1.